The largest absolute Gasteiger partial charge is 0.494 e. The van der Waals surface area contributed by atoms with Crippen molar-refractivity contribution in [1.82, 2.24) is 0 Å². The van der Waals surface area contributed by atoms with E-state index in [1.807, 2.05) is 19.9 Å². The molecule has 0 spiro atoms. The fourth-order valence-electron chi connectivity index (χ4n) is 1.80. The van der Waals surface area contributed by atoms with Crippen LogP contribution in [-0.4, -0.2) is 11.9 Å². The minimum absolute atomic E-state index is 0.696. The molecule has 3 heteroatoms. The van der Waals surface area contributed by atoms with Crippen molar-refractivity contribution in [1.29, 1.82) is 0 Å². The SMILES string of the molecule is CCOc1cc(C)c(Cl)c(C)c1CCCBr. The maximum absolute atomic E-state index is 6.27. The third-order valence-electron chi connectivity index (χ3n) is 2.63. The molecule has 1 aromatic carbocycles. The molecule has 0 heterocycles. The van der Waals surface area contributed by atoms with Crippen molar-refractivity contribution in [2.75, 3.05) is 11.9 Å². The van der Waals surface area contributed by atoms with Gasteiger partial charge in [0.1, 0.15) is 5.75 Å². The van der Waals surface area contributed by atoms with E-state index < -0.39 is 0 Å². The van der Waals surface area contributed by atoms with E-state index in [0.29, 0.717) is 6.61 Å². The van der Waals surface area contributed by atoms with Gasteiger partial charge in [0.05, 0.1) is 6.61 Å². The van der Waals surface area contributed by atoms with E-state index in [4.69, 9.17) is 16.3 Å². The molecule has 0 bridgehead atoms. The second kappa shape index (κ2) is 6.51. The minimum Gasteiger partial charge on any atom is -0.494 e. The molecule has 0 saturated carbocycles. The monoisotopic (exact) mass is 304 g/mol. The van der Waals surface area contributed by atoms with E-state index in [1.165, 1.54) is 5.56 Å². The molecular weight excluding hydrogens is 287 g/mol. The number of hydrogen-bond donors (Lipinski definition) is 0. The van der Waals surface area contributed by atoms with Gasteiger partial charge in [-0.15, -0.1) is 0 Å². The number of aryl methyl sites for hydroxylation is 1. The number of rotatable bonds is 5. The van der Waals surface area contributed by atoms with E-state index in [-0.39, 0.29) is 0 Å². The average Bonchev–Trinajstić information content (AvgIpc) is 2.26. The highest BCUT2D eigenvalue weighted by Crippen LogP contribution is 2.32. The summed E-state index contributed by atoms with van der Waals surface area (Å²) in [6.45, 7) is 6.79. The van der Waals surface area contributed by atoms with Crippen molar-refractivity contribution >= 4 is 27.5 Å². The normalized spacial score (nSPS) is 10.6. The molecule has 0 N–H and O–H groups in total. The summed E-state index contributed by atoms with van der Waals surface area (Å²) in [7, 11) is 0. The van der Waals surface area contributed by atoms with Crippen LogP contribution in [0.3, 0.4) is 0 Å². The second-order valence-electron chi connectivity index (χ2n) is 3.83. The predicted molar refractivity (Wildman–Crippen MR) is 74.2 cm³/mol. The zero-order valence-corrected chi connectivity index (χ0v) is 12.4. The maximum Gasteiger partial charge on any atom is 0.123 e. The van der Waals surface area contributed by atoms with Crippen LogP contribution in [0.1, 0.15) is 30.0 Å². The van der Waals surface area contributed by atoms with Crippen LogP contribution in [0.2, 0.25) is 5.02 Å². The first-order valence-corrected chi connectivity index (χ1v) is 7.09. The van der Waals surface area contributed by atoms with Crippen LogP contribution in [0.15, 0.2) is 6.07 Å². The molecular formula is C13H18BrClO. The van der Waals surface area contributed by atoms with Gasteiger partial charge >= 0.3 is 0 Å². The fraction of sp³-hybridized carbons (Fsp3) is 0.538. The smallest absolute Gasteiger partial charge is 0.123 e. The summed E-state index contributed by atoms with van der Waals surface area (Å²) in [5, 5.41) is 1.87. The molecule has 16 heavy (non-hydrogen) atoms. The van der Waals surface area contributed by atoms with Crippen molar-refractivity contribution < 1.29 is 4.74 Å². The highest BCUT2D eigenvalue weighted by molar-refractivity contribution is 9.09. The molecule has 0 atom stereocenters. The lowest BCUT2D eigenvalue weighted by Crippen LogP contribution is -2.01. The predicted octanol–water partition coefficient (Wildman–Crippen LogP) is 4.68. The van der Waals surface area contributed by atoms with Gasteiger partial charge in [-0.05, 0) is 56.4 Å². The zero-order chi connectivity index (χ0) is 12.1. The molecule has 0 aliphatic rings. The molecule has 1 rings (SSSR count). The topological polar surface area (TPSA) is 9.23 Å². The lowest BCUT2D eigenvalue weighted by molar-refractivity contribution is 0.336. The Morgan fingerprint density at radius 3 is 2.62 bits per heavy atom. The Morgan fingerprint density at radius 2 is 2.06 bits per heavy atom. The second-order valence-corrected chi connectivity index (χ2v) is 5.01. The van der Waals surface area contributed by atoms with Gasteiger partial charge in [0.2, 0.25) is 0 Å². The molecule has 0 aliphatic heterocycles. The van der Waals surface area contributed by atoms with Gasteiger partial charge in [-0.3, -0.25) is 0 Å². The summed E-state index contributed by atoms with van der Waals surface area (Å²) in [5.41, 5.74) is 3.49. The van der Waals surface area contributed by atoms with Gasteiger partial charge < -0.3 is 4.74 Å². The Labute approximate surface area is 111 Å². The van der Waals surface area contributed by atoms with E-state index >= 15 is 0 Å². The van der Waals surface area contributed by atoms with Crippen molar-refractivity contribution in [3.63, 3.8) is 0 Å². The Morgan fingerprint density at radius 1 is 1.38 bits per heavy atom. The Kier molecular flexibility index (Phi) is 5.63. The number of hydrogen-bond acceptors (Lipinski definition) is 1. The molecule has 1 aromatic rings. The molecule has 1 nitrogen and oxygen atoms in total. The first-order chi connectivity index (χ1) is 7.61. The minimum atomic E-state index is 0.696. The number of ether oxygens (including phenoxy) is 1. The van der Waals surface area contributed by atoms with Crippen LogP contribution in [0.5, 0.6) is 5.75 Å². The summed E-state index contributed by atoms with van der Waals surface area (Å²) in [6.07, 6.45) is 2.10. The number of halogens is 2. The molecule has 0 aliphatic carbocycles. The third kappa shape index (κ3) is 3.14. The van der Waals surface area contributed by atoms with Crippen LogP contribution in [0.4, 0.5) is 0 Å². The first-order valence-electron chi connectivity index (χ1n) is 5.59. The van der Waals surface area contributed by atoms with Crippen LogP contribution < -0.4 is 4.74 Å². The van der Waals surface area contributed by atoms with Crippen LogP contribution in [0, 0.1) is 13.8 Å². The fourth-order valence-corrected chi connectivity index (χ4v) is 2.25. The van der Waals surface area contributed by atoms with Crippen molar-refractivity contribution in [3.05, 3.63) is 27.8 Å². The van der Waals surface area contributed by atoms with Gasteiger partial charge in [-0.25, -0.2) is 0 Å². The molecule has 90 valence electrons. The molecule has 0 aromatic heterocycles. The number of alkyl halides is 1. The molecule has 0 radical (unpaired) electrons. The highest BCUT2D eigenvalue weighted by atomic mass is 79.9. The van der Waals surface area contributed by atoms with Crippen molar-refractivity contribution in [2.45, 2.75) is 33.6 Å². The van der Waals surface area contributed by atoms with E-state index in [2.05, 4.69) is 22.9 Å². The van der Waals surface area contributed by atoms with E-state index in [1.54, 1.807) is 0 Å². The Bertz CT molecular complexity index is 363. The Hall–Kier alpha value is -0.210. The summed E-state index contributed by atoms with van der Waals surface area (Å²) >= 11 is 9.72. The summed E-state index contributed by atoms with van der Waals surface area (Å²) in [4.78, 5) is 0. The first kappa shape index (κ1) is 13.9. The molecule has 0 fully saturated rings. The van der Waals surface area contributed by atoms with Crippen LogP contribution in [0.25, 0.3) is 0 Å². The standard InChI is InChI=1S/C13H18BrClO/c1-4-16-12-8-9(2)13(15)10(3)11(12)6-5-7-14/h8H,4-7H2,1-3H3. The van der Waals surface area contributed by atoms with Gasteiger partial charge in [-0.1, -0.05) is 27.5 Å². The average molecular weight is 306 g/mol. The summed E-state index contributed by atoms with van der Waals surface area (Å²) < 4.78 is 5.68. The van der Waals surface area contributed by atoms with E-state index in [0.717, 1.165) is 40.1 Å². The molecule has 0 saturated heterocycles. The molecule has 0 unspecified atom stereocenters. The van der Waals surface area contributed by atoms with Crippen LogP contribution >= 0.6 is 27.5 Å². The summed E-state index contributed by atoms with van der Waals surface area (Å²) in [5.74, 6) is 0.989. The maximum atomic E-state index is 6.27. The van der Waals surface area contributed by atoms with Gasteiger partial charge in [0, 0.05) is 10.4 Å². The van der Waals surface area contributed by atoms with Gasteiger partial charge in [0.25, 0.3) is 0 Å². The van der Waals surface area contributed by atoms with Crippen molar-refractivity contribution in [3.8, 4) is 5.75 Å². The lowest BCUT2D eigenvalue weighted by atomic mass is 10.0. The van der Waals surface area contributed by atoms with E-state index in [9.17, 15) is 0 Å². The van der Waals surface area contributed by atoms with Gasteiger partial charge in [-0.2, -0.15) is 0 Å². The Balaban J connectivity index is 3.13. The van der Waals surface area contributed by atoms with Gasteiger partial charge in [0.15, 0.2) is 0 Å². The quantitative estimate of drug-likeness (QED) is 0.718. The number of benzene rings is 1. The van der Waals surface area contributed by atoms with Crippen molar-refractivity contribution in [2.24, 2.45) is 0 Å². The zero-order valence-electron chi connectivity index (χ0n) is 10.1. The third-order valence-corrected chi connectivity index (χ3v) is 3.78. The summed E-state index contributed by atoms with van der Waals surface area (Å²) in [6, 6.07) is 2.04. The lowest BCUT2D eigenvalue weighted by Gasteiger charge is -2.15. The molecule has 0 amide bonds. The van der Waals surface area contributed by atoms with Crippen LogP contribution in [-0.2, 0) is 6.42 Å². The highest BCUT2D eigenvalue weighted by Gasteiger charge is 2.12.